The Morgan fingerprint density at radius 2 is 1.60 bits per heavy atom. The van der Waals surface area contributed by atoms with E-state index >= 15 is 0 Å². The first-order chi connectivity index (χ1) is 9.49. The number of carbonyl (C=O) groups is 1. The van der Waals surface area contributed by atoms with Gasteiger partial charge in [0, 0.05) is 0 Å². The normalized spacial score (nSPS) is 10.2. The third-order valence-corrected chi connectivity index (χ3v) is 3.53. The molecule has 0 bridgehead atoms. The van der Waals surface area contributed by atoms with Gasteiger partial charge in [-0.15, -0.1) is 0 Å². The van der Waals surface area contributed by atoms with E-state index in [1.165, 1.54) is 18.2 Å². The number of nitrogens with one attached hydrogen (secondary N) is 2. The Hall–Kier alpha value is -1.49. The van der Waals surface area contributed by atoms with Crippen molar-refractivity contribution in [2.24, 2.45) is 0 Å². The van der Waals surface area contributed by atoms with Crippen molar-refractivity contribution < 1.29 is 9.18 Å². The van der Waals surface area contributed by atoms with Gasteiger partial charge in [-0.25, -0.2) is 9.18 Å². The quantitative estimate of drug-likeness (QED) is 0.756. The zero-order valence-electron chi connectivity index (χ0n) is 9.88. The van der Waals surface area contributed by atoms with E-state index in [1.807, 2.05) is 0 Å². The predicted molar refractivity (Wildman–Crippen MR) is 80.5 cm³/mol. The molecule has 7 heteroatoms. The molecule has 20 heavy (non-hydrogen) atoms. The zero-order valence-corrected chi connectivity index (χ0v) is 12.2. The second-order valence-electron chi connectivity index (χ2n) is 3.78. The summed E-state index contributed by atoms with van der Waals surface area (Å²) in [6.07, 6.45) is 0. The van der Waals surface area contributed by atoms with Crippen LogP contribution in [0.3, 0.4) is 0 Å². The number of urea groups is 1. The minimum Gasteiger partial charge on any atom is -0.306 e. The average molecular weight is 334 g/mol. The molecule has 0 fully saturated rings. The van der Waals surface area contributed by atoms with Crippen LogP contribution in [0.4, 0.5) is 20.6 Å². The third kappa shape index (κ3) is 3.33. The lowest BCUT2D eigenvalue weighted by molar-refractivity contribution is 0.262. The van der Waals surface area contributed by atoms with Crippen molar-refractivity contribution in [3.05, 3.63) is 57.3 Å². The van der Waals surface area contributed by atoms with Crippen molar-refractivity contribution in [3.8, 4) is 0 Å². The molecule has 0 aliphatic carbocycles. The SMILES string of the molecule is O=C(Nc1cccc(Cl)c1Cl)Nc1c(F)cccc1Cl. The zero-order chi connectivity index (χ0) is 14.7. The standard InChI is InChI=1S/C13H8Cl3FN2O/c14-7-3-2-6-10(11(7)16)18-13(20)19-12-8(15)4-1-5-9(12)17/h1-6H,(H2,18,19,20). The summed E-state index contributed by atoms with van der Waals surface area (Å²) in [5.74, 6) is -0.634. The summed E-state index contributed by atoms with van der Waals surface area (Å²) in [4.78, 5) is 11.8. The molecule has 0 saturated heterocycles. The van der Waals surface area contributed by atoms with Crippen LogP contribution in [0.2, 0.25) is 15.1 Å². The molecule has 2 N–H and O–H groups in total. The molecule has 2 aromatic carbocycles. The van der Waals surface area contributed by atoms with Crippen molar-refractivity contribution in [2.45, 2.75) is 0 Å². The van der Waals surface area contributed by atoms with Gasteiger partial charge in [0.1, 0.15) is 5.82 Å². The predicted octanol–water partition coefficient (Wildman–Crippen LogP) is 5.43. The lowest BCUT2D eigenvalue weighted by atomic mass is 10.3. The van der Waals surface area contributed by atoms with Crippen molar-refractivity contribution in [2.75, 3.05) is 10.6 Å². The Bertz CT molecular complexity index is 644. The first-order valence-electron chi connectivity index (χ1n) is 5.45. The maximum Gasteiger partial charge on any atom is 0.323 e. The lowest BCUT2D eigenvalue weighted by Crippen LogP contribution is -2.20. The van der Waals surface area contributed by atoms with E-state index < -0.39 is 11.8 Å². The summed E-state index contributed by atoms with van der Waals surface area (Å²) in [7, 11) is 0. The molecule has 2 amide bonds. The second-order valence-corrected chi connectivity index (χ2v) is 4.97. The maximum atomic E-state index is 13.5. The van der Waals surface area contributed by atoms with Crippen molar-refractivity contribution in [1.29, 1.82) is 0 Å². The van der Waals surface area contributed by atoms with E-state index in [4.69, 9.17) is 34.8 Å². The Labute approximate surface area is 129 Å². The van der Waals surface area contributed by atoms with Gasteiger partial charge in [-0.2, -0.15) is 0 Å². The molecule has 3 nitrogen and oxygen atoms in total. The maximum absolute atomic E-state index is 13.5. The monoisotopic (exact) mass is 332 g/mol. The molecular formula is C13H8Cl3FN2O. The van der Waals surface area contributed by atoms with Gasteiger partial charge >= 0.3 is 6.03 Å². The number of hydrogen-bond donors (Lipinski definition) is 2. The number of halogens is 4. The summed E-state index contributed by atoms with van der Waals surface area (Å²) in [6, 6.07) is 8.19. The van der Waals surface area contributed by atoms with Gasteiger partial charge in [-0.1, -0.05) is 46.9 Å². The minimum atomic E-state index is -0.679. The van der Waals surface area contributed by atoms with Crippen LogP contribution in [-0.2, 0) is 0 Å². The minimum absolute atomic E-state index is 0.0948. The molecule has 0 aliphatic rings. The highest BCUT2D eigenvalue weighted by Gasteiger charge is 2.12. The molecule has 2 rings (SSSR count). The van der Waals surface area contributed by atoms with Crippen molar-refractivity contribution in [1.82, 2.24) is 0 Å². The molecule has 0 atom stereocenters. The molecule has 0 spiro atoms. The van der Waals surface area contributed by atoms with E-state index in [0.717, 1.165) is 0 Å². The van der Waals surface area contributed by atoms with Crippen LogP contribution >= 0.6 is 34.8 Å². The lowest BCUT2D eigenvalue weighted by Gasteiger charge is -2.11. The summed E-state index contributed by atoms with van der Waals surface area (Å²) in [5, 5.41) is 5.37. The van der Waals surface area contributed by atoms with Gasteiger partial charge in [0.25, 0.3) is 0 Å². The van der Waals surface area contributed by atoms with E-state index in [1.54, 1.807) is 18.2 Å². The van der Waals surface area contributed by atoms with Gasteiger partial charge in [0.05, 0.1) is 26.4 Å². The van der Waals surface area contributed by atoms with E-state index in [0.29, 0.717) is 10.7 Å². The largest absolute Gasteiger partial charge is 0.323 e. The van der Waals surface area contributed by atoms with Crippen LogP contribution in [0.15, 0.2) is 36.4 Å². The molecule has 0 unspecified atom stereocenters. The van der Waals surface area contributed by atoms with Gasteiger partial charge < -0.3 is 10.6 Å². The van der Waals surface area contributed by atoms with Crippen LogP contribution in [0.5, 0.6) is 0 Å². The van der Waals surface area contributed by atoms with Crippen molar-refractivity contribution >= 4 is 52.2 Å². The fourth-order valence-corrected chi connectivity index (χ4v) is 2.04. The van der Waals surface area contributed by atoms with Crippen LogP contribution in [0.25, 0.3) is 0 Å². The molecule has 0 aliphatic heterocycles. The fourth-order valence-electron chi connectivity index (χ4n) is 1.48. The second kappa shape index (κ2) is 6.31. The average Bonchev–Trinajstić information content (AvgIpc) is 2.39. The molecule has 0 heterocycles. The van der Waals surface area contributed by atoms with Crippen molar-refractivity contribution in [3.63, 3.8) is 0 Å². The van der Waals surface area contributed by atoms with E-state index in [2.05, 4.69) is 10.6 Å². The van der Waals surface area contributed by atoms with Gasteiger partial charge in [-0.3, -0.25) is 0 Å². The number of carbonyl (C=O) groups excluding carboxylic acids is 1. The highest BCUT2D eigenvalue weighted by molar-refractivity contribution is 6.44. The summed E-state index contributed by atoms with van der Waals surface area (Å²) >= 11 is 17.6. The molecule has 0 saturated carbocycles. The molecule has 104 valence electrons. The summed E-state index contributed by atoms with van der Waals surface area (Å²) in [6.45, 7) is 0. The van der Waals surface area contributed by atoms with Gasteiger partial charge in [-0.05, 0) is 24.3 Å². The van der Waals surface area contributed by atoms with Gasteiger partial charge in [0.15, 0.2) is 0 Å². The number of hydrogen-bond acceptors (Lipinski definition) is 1. The van der Waals surface area contributed by atoms with E-state index in [9.17, 15) is 9.18 Å². The number of rotatable bonds is 2. The Morgan fingerprint density at radius 1 is 0.950 bits per heavy atom. The van der Waals surface area contributed by atoms with Crippen LogP contribution in [-0.4, -0.2) is 6.03 Å². The number of benzene rings is 2. The molecule has 2 aromatic rings. The Kier molecular flexibility index (Phi) is 4.70. The van der Waals surface area contributed by atoms with Gasteiger partial charge in [0.2, 0.25) is 0 Å². The van der Waals surface area contributed by atoms with E-state index in [-0.39, 0.29) is 15.7 Å². The molecule has 0 radical (unpaired) electrons. The Balaban J connectivity index is 2.16. The third-order valence-electron chi connectivity index (χ3n) is 2.40. The first kappa shape index (κ1) is 14.9. The number of amides is 2. The number of para-hydroxylation sites is 1. The molecular weight excluding hydrogens is 326 g/mol. The Morgan fingerprint density at radius 3 is 2.30 bits per heavy atom. The highest BCUT2D eigenvalue weighted by atomic mass is 35.5. The summed E-state index contributed by atoms with van der Waals surface area (Å²) < 4.78 is 13.5. The topological polar surface area (TPSA) is 41.1 Å². The fraction of sp³-hybridized carbons (Fsp3) is 0. The number of anilines is 2. The first-order valence-corrected chi connectivity index (χ1v) is 6.58. The summed E-state index contributed by atoms with van der Waals surface area (Å²) in [5.41, 5.74) is 0.203. The van der Waals surface area contributed by atoms with Crippen LogP contribution in [0, 0.1) is 5.82 Å². The van der Waals surface area contributed by atoms with Crippen LogP contribution < -0.4 is 10.6 Å². The smallest absolute Gasteiger partial charge is 0.306 e. The van der Waals surface area contributed by atoms with Crippen LogP contribution in [0.1, 0.15) is 0 Å². The molecule has 0 aromatic heterocycles. The highest BCUT2D eigenvalue weighted by Crippen LogP contribution is 2.30.